The highest BCUT2D eigenvalue weighted by Crippen LogP contribution is 2.33. The number of benzene rings is 2. The summed E-state index contributed by atoms with van der Waals surface area (Å²) in [4.78, 5) is 42.2. The number of anilines is 1. The molecule has 2 heterocycles. The van der Waals surface area contributed by atoms with E-state index in [9.17, 15) is 14.4 Å². The van der Waals surface area contributed by atoms with Gasteiger partial charge in [0.1, 0.15) is 0 Å². The van der Waals surface area contributed by atoms with Crippen LogP contribution in [0.4, 0.5) is 10.5 Å². The molecule has 0 aliphatic carbocycles. The maximum atomic E-state index is 13.7. The summed E-state index contributed by atoms with van der Waals surface area (Å²) in [6.07, 6.45) is 0.837. The number of likely N-dealkylation sites (N-methyl/N-ethyl adjacent to an activating group) is 1. The van der Waals surface area contributed by atoms with E-state index in [1.807, 2.05) is 49.3 Å². The largest absolute Gasteiger partial charge is 0.335 e. The summed E-state index contributed by atoms with van der Waals surface area (Å²) in [5.74, 6) is -0.361. The van der Waals surface area contributed by atoms with Crippen molar-refractivity contribution < 1.29 is 14.4 Å². The van der Waals surface area contributed by atoms with Gasteiger partial charge < -0.3 is 25.8 Å². The van der Waals surface area contributed by atoms with E-state index in [1.165, 1.54) is 6.08 Å². The molecule has 5 atom stereocenters. The average Bonchev–Trinajstić information content (AvgIpc) is 3.48. The summed E-state index contributed by atoms with van der Waals surface area (Å²) >= 11 is 0. The predicted octanol–water partition coefficient (Wildman–Crippen LogP) is 2.31. The van der Waals surface area contributed by atoms with Gasteiger partial charge in [0, 0.05) is 36.3 Å². The van der Waals surface area contributed by atoms with Gasteiger partial charge in [-0.1, -0.05) is 50.8 Å². The van der Waals surface area contributed by atoms with Crippen molar-refractivity contribution in [1.82, 2.24) is 31.3 Å². The summed E-state index contributed by atoms with van der Waals surface area (Å²) in [5, 5.41) is 9.00. The highest BCUT2D eigenvalue weighted by molar-refractivity contribution is 5.99. The van der Waals surface area contributed by atoms with E-state index in [-0.39, 0.29) is 54.0 Å². The van der Waals surface area contributed by atoms with Gasteiger partial charge in [-0.2, -0.15) is 0 Å². The van der Waals surface area contributed by atoms with Gasteiger partial charge in [0.25, 0.3) is 5.91 Å². The number of carbonyl (C=O) groups is 3. The Morgan fingerprint density at radius 1 is 1.08 bits per heavy atom. The molecule has 2 aromatic carbocycles. The first-order chi connectivity index (χ1) is 18.7. The fourth-order valence-electron chi connectivity index (χ4n) is 5.48. The molecule has 4 amide bonds. The average molecular weight is 534 g/mol. The molecular weight excluding hydrogens is 494 g/mol. The molecule has 0 spiro atoms. The lowest BCUT2D eigenvalue weighted by Gasteiger charge is -2.33. The number of nitrogens with one attached hydrogen (secondary N) is 5. The second kappa shape index (κ2) is 12.4. The third-order valence-corrected chi connectivity index (χ3v) is 7.31. The van der Waals surface area contributed by atoms with Crippen molar-refractivity contribution in [3.63, 3.8) is 0 Å². The molecule has 4 rings (SSSR count). The summed E-state index contributed by atoms with van der Waals surface area (Å²) < 4.78 is 0. The molecule has 39 heavy (non-hydrogen) atoms. The van der Waals surface area contributed by atoms with Gasteiger partial charge in [0.2, 0.25) is 5.91 Å². The second-order valence-corrected chi connectivity index (χ2v) is 10.8. The number of nitrogens with zero attached hydrogens (tertiary/aromatic N) is 2. The number of amides is 4. The minimum Gasteiger partial charge on any atom is -0.335 e. The van der Waals surface area contributed by atoms with Crippen molar-refractivity contribution >= 4 is 23.5 Å². The number of hydrazine groups is 1. The number of hydrogen-bond acceptors (Lipinski definition) is 6. The van der Waals surface area contributed by atoms with Gasteiger partial charge in [0.05, 0.1) is 18.2 Å². The van der Waals surface area contributed by atoms with E-state index < -0.39 is 0 Å². The summed E-state index contributed by atoms with van der Waals surface area (Å²) in [7, 11) is 3.99. The monoisotopic (exact) mass is 533 g/mol. The lowest BCUT2D eigenvalue weighted by atomic mass is 9.92. The Morgan fingerprint density at radius 2 is 1.77 bits per heavy atom. The number of hydrogen-bond donors (Lipinski definition) is 5. The molecule has 208 valence electrons. The van der Waals surface area contributed by atoms with Crippen molar-refractivity contribution in [2.75, 3.05) is 32.5 Å². The van der Waals surface area contributed by atoms with Crippen molar-refractivity contribution in [3.05, 3.63) is 78.4 Å². The van der Waals surface area contributed by atoms with Crippen molar-refractivity contribution in [2.24, 2.45) is 11.8 Å². The first-order valence-electron chi connectivity index (χ1n) is 13.3. The van der Waals surface area contributed by atoms with Gasteiger partial charge in [-0.05, 0) is 55.9 Å². The molecule has 2 saturated heterocycles. The van der Waals surface area contributed by atoms with Gasteiger partial charge >= 0.3 is 6.03 Å². The SMILES string of the molecule is C=CC(=O)Nc1ccc(C(=O)NC2NNC3C2CN(C(=O)N[C@H](CN(C)C)c2ccccc2)[C@H]3C(C)C)cc1. The van der Waals surface area contributed by atoms with Crippen LogP contribution in [-0.4, -0.2) is 73.1 Å². The number of carbonyl (C=O) groups excluding carboxylic acids is 3. The molecule has 0 aromatic heterocycles. The number of likely N-dealkylation sites (tertiary alicyclic amines) is 1. The van der Waals surface area contributed by atoms with Crippen molar-refractivity contribution in [2.45, 2.75) is 38.1 Å². The quantitative estimate of drug-likeness (QED) is 0.316. The topological polar surface area (TPSA) is 118 Å². The van der Waals surface area contributed by atoms with Gasteiger partial charge in [-0.15, -0.1) is 0 Å². The van der Waals surface area contributed by atoms with Crippen LogP contribution in [0.1, 0.15) is 35.8 Å². The van der Waals surface area contributed by atoms with Crippen LogP contribution in [0.25, 0.3) is 0 Å². The molecule has 0 radical (unpaired) electrons. The van der Waals surface area contributed by atoms with Gasteiger partial charge in [0.15, 0.2) is 0 Å². The summed E-state index contributed by atoms with van der Waals surface area (Å²) in [5.41, 5.74) is 8.68. The predicted molar refractivity (Wildman–Crippen MR) is 152 cm³/mol. The normalized spacial score (nSPS) is 22.9. The third kappa shape index (κ3) is 6.65. The van der Waals surface area contributed by atoms with Crippen LogP contribution in [0.5, 0.6) is 0 Å². The standard InChI is InChI=1S/C29H39N7O3/c1-6-24(37)30-21-14-12-20(13-15-21)28(38)32-27-22-16-36(26(18(2)3)25(22)33-34-27)29(39)31-23(17-35(4)5)19-10-8-7-9-11-19/h6-15,18,22-23,25-27,33-34H,1,16-17H2,2-5H3,(H,30,37)(H,31,39)(H,32,38)/t22?,23-,25?,26+,27?/m1/s1. The Morgan fingerprint density at radius 3 is 2.38 bits per heavy atom. The smallest absolute Gasteiger partial charge is 0.318 e. The Hall–Kier alpha value is -3.73. The molecule has 3 unspecified atom stereocenters. The molecule has 2 aliphatic heterocycles. The van der Waals surface area contributed by atoms with E-state index in [4.69, 9.17) is 0 Å². The maximum Gasteiger partial charge on any atom is 0.318 e. The minimum absolute atomic E-state index is 0.0118. The molecule has 0 saturated carbocycles. The van der Waals surface area contributed by atoms with E-state index in [1.54, 1.807) is 24.3 Å². The zero-order valence-corrected chi connectivity index (χ0v) is 23.0. The first-order valence-corrected chi connectivity index (χ1v) is 13.3. The highest BCUT2D eigenvalue weighted by atomic mass is 16.2. The fraction of sp³-hybridized carbons (Fsp3) is 0.414. The van der Waals surface area contributed by atoms with E-state index in [0.29, 0.717) is 24.3 Å². The Labute approximate surface area is 230 Å². The molecule has 10 nitrogen and oxygen atoms in total. The molecule has 2 fully saturated rings. The van der Waals surface area contributed by atoms with E-state index >= 15 is 0 Å². The molecule has 0 bridgehead atoms. The molecule has 2 aromatic rings. The van der Waals surface area contributed by atoms with Crippen molar-refractivity contribution in [3.8, 4) is 0 Å². The Kier molecular flexibility index (Phi) is 9.01. The van der Waals surface area contributed by atoms with Crippen LogP contribution in [0.2, 0.25) is 0 Å². The number of urea groups is 1. The highest BCUT2D eigenvalue weighted by Gasteiger charge is 2.52. The third-order valence-electron chi connectivity index (χ3n) is 7.31. The first kappa shape index (κ1) is 28.3. The van der Waals surface area contributed by atoms with Crippen molar-refractivity contribution in [1.29, 1.82) is 0 Å². The van der Waals surface area contributed by atoms with Gasteiger partial charge in [-0.3, -0.25) is 15.0 Å². The van der Waals surface area contributed by atoms with Crippen LogP contribution in [0.3, 0.4) is 0 Å². The molecule has 5 N–H and O–H groups in total. The Bertz CT molecular complexity index is 1170. The van der Waals surface area contributed by atoms with Crippen LogP contribution in [0.15, 0.2) is 67.3 Å². The minimum atomic E-state index is -0.353. The molecule has 2 aliphatic rings. The fourth-order valence-corrected chi connectivity index (χ4v) is 5.48. The second-order valence-electron chi connectivity index (χ2n) is 10.8. The zero-order chi connectivity index (χ0) is 28.1. The van der Waals surface area contributed by atoms with E-state index in [0.717, 1.165) is 5.56 Å². The van der Waals surface area contributed by atoms with E-state index in [2.05, 4.69) is 52.1 Å². The van der Waals surface area contributed by atoms with Crippen LogP contribution in [0, 0.1) is 11.8 Å². The van der Waals surface area contributed by atoms with Crippen LogP contribution < -0.4 is 26.8 Å². The summed E-state index contributed by atoms with van der Waals surface area (Å²) in [6, 6.07) is 16.3. The van der Waals surface area contributed by atoms with Crippen LogP contribution in [-0.2, 0) is 4.79 Å². The lowest BCUT2D eigenvalue weighted by molar-refractivity contribution is -0.111. The summed E-state index contributed by atoms with van der Waals surface area (Å²) in [6.45, 7) is 8.84. The number of fused-ring (bicyclic) bond motifs is 1. The Balaban J connectivity index is 1.44. The molecule has 10 heteroatoms. The lowest BCUT2D eigenvalue weighted by Crippen LogP contribution is -2.54. The van der Waals surface area contributed by atoms with Crippen LogP contribution >= 0.6 is 0 Å². The number of rotatable bonds is 9. The zero-order valence-electron chi connectivity index (χ0n) is 23.0. The molecular formula is C29H39N7O3. The van der Waals surface area contributed by atoms with Gasteiger partial charge in [-0.25, -0.2) is 10.2 Å². The maximum absolute atomic E-state index is 13.7.